The van der Waals surface area contributed by atoms with Crippen LogP contribution in [-0.4, -0.2) is 87.8 Å². The number of carbonyl (C=O) groups is 4. The largest absolute Gasteiger partial charge is 0.354 e. The van der Waals surface area contributed by atoms with Crippen LogP contribution in [0.1, 0.15) is 37.2 Å². The molecule has 2 aliphatic heterocycles. The molecule has 2 saturated heterocycles. The number of carbonyl (C=O) groups excluding carboxylic acids is 4. The van der Waals surface area contributed by atoms with Crippen LogP contribution in [0.2, 0.25) is 0 Å². The minimum atomic E-state index is -0.944. The predicted octanol–water partition coefficient (Wildman–Crippen LogP) is -0.884. The van der Waals surface area contributed by atoms with Crippen molar-refractivity contribution in [3.63, 3.8) is 0 Å². The first-order valence-electron chi connectivity index (χ1n) is 10.1. The van der Waals surface area contributed by atoms with Crippen molar-refractivity contribution in [1.82, 2.24) is 35.7 Å². The van der Waals surface area contributed by atoms with Gasteiger partial charge in [-0.1, -0.05) is 0 Å². The first-order valence-corrected chi connectivity index (χ1v) is 10.1. The molecular weight excluding hydrogens is 390 g/mol. The van der Waals surface area contributed by atoms with Gasteiger partial charge in [0.2, 0.25) is 11.8 Å². The van der Waals surface area contributed by atoms with Crippen molar-refractivity contribution in [2.75, 3.05) is 26.2 Å². The van der Waals surface area contributed by atoms with Gasteiger partial charge in [-0.25, -0.2) is 9.78 Å². The van der Waals surface area contributed by atoms with Crippen LogP contribution in [0.25, 0.3) is 0 Å². The van der Waals surface area contributed by atoms with Crippen LogP contribution >= 0.6 is 0 Å². The quantitative estimate of drug-likeness (QED) is 0.582. The summed E-state index contributed by atoms with van der Waals surface area (Å²) in [6.07, 6.45) is 5.48. The van der Waals surface area contributed by atoms with Gasteiger partial charge >= 0.3 is 6.03 Å². The topological polar surface area (TPSA) is 137 Å². The van der Waals surface area contributed by atoms with Crippen molar-refractivity contribution < 1.29 is 19.2 Å². The maximum Gasteiger partial charge on any atom is 0.317 e. The maximum atomic E-state index is 13.1. The lowest BCUT2D eigenvalue weighted by Crippen LogP contribution is -2.64. The smallest absolute Gasteiger partial charge is 0.317 e. The van der Waals surface area contributed by atoms with E-state index >= 15 is 0 Å². The first kappa shape index (κ1) is 21.5. The van der Waals surface area contributed by atoms with E-state index in [9.17, 15) is 19.2 Å². The second-order valence-electron chi connectivity index (χ2n) is 7.65. The summed E-state index contributed by atoms with van der Waals surface area (Å²) in [5.41, 5.74) is 0.116. The number of hydrogen-bond donors (Lipinski definition) is 3. The third-order valence-electron chi connectivity index (χ3n) is 5.03. The Morgan fingerprint density at radius 2 is 2.03 bits per heavy atom. The fraction of sp³-hybridized carbons (Fsp3) is 0.579. The van der Waals surface area contributed by atoms with Gasteiger partial charge in [0.15, 0.2) is 0 Å². The lowest BCUT2D eigenvalue weighted by Gasteiger charge is -2.41. The number of piperidine rings is 1. The average Bonchev–Trinajstić information content (AvgIpc) is 2.74. The monoisotopic (exact) mass is 417 g/mol. The third kappa shape index (κ3) is 5.02. The maximum absolute atomic E-state index is 13.1. The molecule has 11 heteroatoms. The van der Waals surface area contributed by atoms with E-state index in [1.807, 2.05) is 13.8 Å². The Kier molecular flexibility index (Phi) is 6.80. The van der Waals surface area contributed by atoms with Crippen LogP contribution < -0.4 is 16.0 Å². The molecule has 0 spiro atoms. The molecule has 0 saturated carbocycles. The molecule has 1 aromatic rings. The number of rotatable bonds is 4. The van der Waals surface area contributed by atoms with E-state index in [-0.39, 0.29) is 43.3 Å². The molecule has 0 unspecified atom stereocenters. The van der Waals surface area contributed by atoms with E-state index in [0.717, 1.165) is 6.42 Å². The second kappa shape index (κ2) is 9.51. The molecule has 3 rings (SSSR count). The molecule has 0 aliphatic carbocycles. The molecule has 0 radical (unpaired) electrons. The lowest BCUT2D eigenvalue weighted by atomic mass is 10.0. The second-order valence-corrected chi connectivity index (χ2v) is 7.65. The third-order valence-corrected chi connectivity index (χ3v) is 5.03. The highest BCUT2D eigenvalue weighted by atomic mass is 16.2. The molecular formula is C19H27N7O4. The van der Waals surface area contributed by atoms with Crippen molar-refractivity contribution in [3.8, 4) is 0 Å². The SMILES string of the molecule is CC(C)NC(=O)N1CCN(C(=O)c2cnccn2)[C@H](C(=O)N[C@@H]2CCCNC2=O)C1. The molecule has 0 aromatic carbocycles. The number of piperazine rings is 1. The molecule has 3 N–H and O–H groups in total. The molecule has 2 atom stereocenters. The van der Waals surface area contributed by atoms with Crippen LogP contribution in [0.5, 0.6) is 0 Å². The molecule has 2 aliphatic rings. The Morgan fingerprint density at radius 3 is 2.70 bits per heavy atom. The number of amides is 5. The van der Waals surface area contributed by atoms with Gasteiger partial charge in [-0.3, -0.25) is 19.4 Å². The van der Waals surface area contributed by atoms with Gasteiger partial charge in [0, 0.05) is 38.1 Å². The highest BCUT2D eigenvalue weighted by Gasteiger charge is 2.39. The van der Waals surface area contributed by atoms with E-state index in [4.69, 9.17) is 0 Å². The standard InChI is InChI=1S/C19H27N7O4/c1-12(2)23-19(30)25-8-9-26(18(29)14-10-20-6-7-21-14)15(11-25)17(28)24-13-4-3-5-22-16(13)27/h6-7,10,12-13,15H,3-5,8-9,11H2,1-2H3,(H,22,27)(H,23,30)(H,24,28)/t13-,15+/m1/s1. The zero-order valence-electron chi connectivity index (χ0n) is 17.1. The molecule has 30 heavy (non-hydrogen) atoms. The molecule has 162 valence electrons. The number of urea groups is 1. The minimum Gasteiger partial charge on any atom is -0.354 e. The van der Waals surface area contributed by atoms with Crippen LogP contribution in [0.3, 0.4) is 0 Å². The van der Waals surface area contributed by atoms with Crippen LogP contribution in [0.15, 0.2) is 18.6 Å². The van der Waals surface area contributed by atoms with Crippen LogP contribution in [0.4, 0.5) is 4.79 Å². The van der Waals surface area contributed by atoms with Crippen molar-refractivity contribution in [2.24, 2.45) is 0 Å². The Hall–Kier alpha value is -3.24. The zero-order chi connectivity index (χ0) is 21.7. The van der Waals surface area contributed by atoms with Gasteiger partial charge in [-0.05, 0) is 26.7 Å². The summed E-state index contributed by atoms with van der Waals surface area (Å²) in [5, 5.41) is 8.26. The van der Waals surface area contributed by atoms with Crippen molar-refractivity contribution >= 4 is 23.8 Å². The van der Waals surface area contributed by atoms with E-state index in [1.54, 1.807) is 0 Å². The Labute approximate surface area is 174 Å². The summed E-state index contributed by atoms with van der Waals surface area (Å²) < 4.78 is 0. The van der Waals surface area contributed by atoms with E-state index in [2.05, 4.69) is 25.9 Å². The van der Waals surface area contributed by atoms with Crippen LogP contribution in [0, 0.1) is 0 Å². The molecule has 2 fully saturated rings. The summed E-state index contributed by atoms with van der Waals surface area (Å²) in [4.78, 5) is 61.4. The number of nitrogens with one attached hydrogen (secondary N) is 3. The number of nitrogens with zero attached hydrogens (tertiary/aromatic N) is 4. The lowest BCUT2D eigenvalue weighted by molar-refractivity contribution is -0.133. The highest BCUT2D eigenvalue weighted by Crippen LogP contribution is 2.15. The van der Waals surface area contributed by atoms with Gasteiger partial charge in [-0.15, -0.1) is 0 Å². The normalized spacial score (nSPS) is 21.8. The Balaban J connectivity index is 1.78. The van der Waals surface area contributed by atoms with Gasteiger partial charge in [-0.2, -0.15) is 0 Å². The summed E-state index contributed by atoms with van der Waals surface area (Å²) in [6, 6.07) is -1.96. The van der Waals surface area contributed by atoms with Gasteiger partial charge in [0.25, 0.3) is 5.91 Å². The predicted molar refractivity (Wildman–Crippen MR) is 106 cm³/mol. The fourth-order valence-electron chi connectivity index (χ4n) is 3.51. The zero-order valence-corrected chi connectivity index (χ0v) is 17.1. The summed E-state index contributed by atoms with van der Waals surface area (Å²) in [5.74, 6) is -1.16. The highest BCUT2D eigenvalue weighted by molar-refractivity contribution is 5.97. The molecule has 5 amide bonds. The first-order chi connectivity index (χ1) is 14.4. The Bertz CT molecular complexity index is 801. The minimum absolute atomic E-state index is 0.0186. The molecule has 11 nitrogen and oxygen atoms in total. The van der Waals surface area contributed by atoms with Crippen LogP contribution in [-0.2, 0) is 9.59 Å². The number of aromatic nitrogens is 2. The van der Waals surface area contributed by atoms with Gasteiger partial charge in [0.1, 0.15) is 17.8 Å². The van der Waals surface area contributed by atoms with Crippen molar-refractivity contribution in [3.05, 3.63) is 24.3 Å². The van der Waals surface area contributed by atoms with Crippen molar-refractivity contribution in [1.29, 1.82) is 0 Å². The van der Waals surface area contributed by atoms with E-state index in [1.165, 1.54) is 28.4 Å². The summed E-state index contributed by atoms with van der Waals surface area (Å²) in [6.45, 7) is 4.73. The average molecular weight is 417 g/mol. The van der Waals surface area contributed by atoms with Gasteiger partial charge < -0.3 is 25.8 Å². The summed E-state index contributed by atoms with van der Waals surface area (Å²) in [7, 11) is 0. The Morgan fingerprint density at radius 1 is 1.23 bits per heavy atom. The van der Waals surface area contributed by atoms with Crippen molar-refractivity contribution in [2.45, 2.75) is 44.8 Å². The molecule has 1 aromatic heterocycles. The number of hydrogen-bond acceptors (Lipinski definition) is 6. The van der Waals surface area contributed by atoms with E-state index in [0.29, 0.717) is 13.0 Å². The molecule has 3 heterocycles. The van der Waals surface area contributed by atoms with Gasteiger partial charge in [0.05, 0.1) is 12.7 Å². The summed E-state index contributed by atoms with van der Waals surface area (Å²) >= 11 is 0. The fourth-order valence-corrected chi connectivity index (χ4v) is 3.51. The molecule has 0 bridgehead atoms. The van der Waals surface area contributed by atoms with E-state index < -0.39 is 23.9 Å².